The molecular formula is C16H14Cl2N2O5S. The summed E-state index contributed by atoms with van der Waals surface area (Å²) >= 11 is 11.6. The molecule has 0 aromatic heterocycles. The maximum absolute atomic E-state index is 12.2. The van der Waals surface area contributed by atoms with Gasteiger partial charge in [0.1, 0.15) is 4.90 Å². The van der Waals surface area contributed by atoms with Crippen LogP contribution in [-0.2, 0) is 19.6 Å². The topological polar surface area (TPSA) is 116 Å². The van der Waals surface area contributed by atoms with Gasteiger partial charge in [0, 0.05) is 10.7 Å². The molecule has 0 saturated carbocycles. The molecule has 1 amide bonds. The van der Waals surface area contributed by atoms with Crippen molar-refractivity contribution in [1.82, 2.24) is 0 Å². The fraction of sp³-hybridized carbons (Fsp3) is 0.125. The number of esters is 1. The second kappa shape index (κ2) is 8.05. The molecule has 1 atom stereocenters. The number of amides is 1. The van der Waals surface area contributed by atoms with Crippen LogP contribution in [0.2, 0.25) is 10.0 Å². The fourth-order valence-corrected chi connectivity index (χ4v) is 3.20. The molecule has 1 unspecified atom stereocenters. The van der Waals surface area contributed by atoms with E-state index in [1.807, 2.05) is 0 Å². The summed E-state index contributed by atoms with van der Waals surface area (Å²) in [5, 5.41) is 7.89. The lowest BCUT2D eigenvalue weighted by Gasteiger charge is -2.14. The predicted octanol–water partition coefficient (Wildman–Crippen LogP) is 2.82. The molecule has 0 radical (unpaired) electrons. The average molecular weight is 417 g/mol. The summed E-state index contributed by atoms with van der Waals surface area (Å²) in [6.07, 6.45) is -1.14. The number of halogens is 2. The zero-order valence-electron chi connectivity index (χ0n) is 13.4. The number of carbonyl (C=O) groups is 2. The lowest BCUT2D eigenvalue weighted by atomic mass is 10.2. The summed E-state index contributed by atoms with van der Waals surface area (Å²) in [6, 6.07) is 9.90. The van der Waals surface area contributed by atoms with Crippen LogP contribution in [0, 0.1) is 0 Å². The Morgan fingerprint density at radius 1 is 1.15 bits per heavy atom. The number of primary sulfonamides is 1. The van der Waals surface area contributed by atoms with Crippen LogP contribution >= 0.6 is 23.2 Å². The number of carbonyl (C=O) groups excluding carboxylic acids is 2. The predicted molar refractivity (Wildman–Crippen MR) is 97.8 cm³/mol. The Labute approximate surface area is 160 Å². The minimum absolute atomic E-state index is 0.110. The van der Waals surface area contributed by atoms with Crippen LogP contribution < -0.4 is 10.5 Å². The van der Waals surface area contributed by atoms with Crippen molar-refractivity contribution in [2.24, 2.45) is 5.14 Å². The maximum Gasteiger partial charge on any atom is 0.338 e. The number of rotatable bonds is 5. The standard InChI is InChI=1S/C16H14Cl2N2O5S/c1-9(15(21)20-12-4-2-3-11(17)8-12)25-16(22)10-5-6-13(18)14(7-10)26(19,23)24/h2-9H,1H3,(H,20,21)(H2,19,23,24). The number of ether oxygens (including phenoxy) is 1. The van der Waals surface area contributed by atoms with Gasteiger partial charge < -0.3 is 10.1 Å². The number of hydrogen-bond donors (Lipinski definition) is 2. The van der Waals surface area contributed by atoms with Crippen molar-refractivity contribution in [2.45, 2.75) is 17.9 Å². The van der Waals surface area contributed by atoms with Crippen molar-refractivity contribution >= 4 is 50.8 Å². The van der Waals surface area contributed by atoms with Crippen LogP contribution in [0.4, 0.5) is 5.69 Å². The Morgan fingerprint density at radius 3 is 2.46 bits per heavy atom. The van der Waals surface area contributed by atoms with E-state index in [2.05, 4.69) is 5.32 Å². The van der Waals surface area contributed by atoms with Crippen molar-refractivity contribution in [3.05, 3.63) is 58.1 Å². The van der Waals surface area contributed by atoms with Gasteiger partial charge in [-0.25, -0.2) is 18.4 Å². The molecule has 0 aliphatic heterocycles. The molecule has 7 nitrogen and oxygen atoms in total. The van der Waals surface area contributed by atoms with E-state index in [0.29, 0.717) is 10.7 Å². The second-order valence-corrected chi connectivity index (χ2v) is 7.61. The summed E-state index contributed by atoms with van der Waals surface area (Å²) in [6.45, 7) is 1.37. The zero-order valence-corrected chi connectivity index (χ0v) is 15.7. The summed E-state index contributed by atoms with van der Waals surface area (Å²) in [5.74, 6) is -1.48. The van der Waals surface area contributed by atoms with Gasteiger partial charge >= 0.3 is 5.97 Å². The van der Waals surface area contributed by atoms with Crippen molar-refractivity contribution in [2.75, 3.05) is 5.32 Å². The fourth-order valence-electron chi connectivity index (χ4n) is 1.94. The number of nitrogens with one attached hydrogen (secondary N) is 1. The number of sulfonamides is 1. The molecule has 2 rings (SSSR count). The van der Waals surface area contributed by atoms with Crippen LogP contribution in [0.1, 0.15) is 17.3 Å². The number of benzene rings is 2. The first-order chi connectivity index (χ1) is 12.1. The first-order valence-corrected chi connectivity index (χ1v) is 9.48. The Balaban J connectivity index is 2.10. The highest BCUT2D eigenvalue weighted by atomic mass is 35.5. The Bertz CT molecular complexity index is 963. The third-order valence-electron chi connectivity index (χ3n) is 3.22. The van der Waals surface area contributed by atoms with Gasteiger partial charge in [-0.15, -0.1) is 0 Å². The maximum atomic E-state index is 12.2. The molecular weight excluding hydrogens is 403 g/mol. The Morgan fingerprint density at radius 2 is 1.85 bits per heavy atom. The molecule has 0 saturated heterocycles. The Kier molecular flexibility index (Phi) is 6.25. The molecule has 10 heteroatoms. The largest absolute Gasteiger partial charge is 0.449 e. The van der Waals surface area contributed by atoms with E-state index < -0.39 is 32.9 Å². The summed E-state index contributed by atoms with van der Waals surface area (Å²) in [7, 11) is -4.11. The minimum Gasteiger partial charge on any atom is -0.449 e. The van der Waals surface area contributed by atoms with Crippen LogP contribution in [-0.4, -0.2) is 26.4 Å². The van der Waals surface area contributed by atoms with E-state index in [0.717, 1.165) is 6.07 Å². The van der Waals surface area contributed by atoms with E-state index in [1.165, 1.54) is 25.1 Å². The monoisotopic (exact) mass is 416 g/mol. The van der Waals surface area contributed by atoms with Crippen LogP contribution in [0.3, 0.4) is 0 Å². The average Bonchev–Trinajstić information content (AvgIpc) is 2.54. The highest BCUT2D eigenvalue weighted by Crippen LogP contribution is 2.22. The molecule has 0 bridgehead atoms. The summed E-state index contributed by atoms with van der Waals surface area (Å²) in [4.78, 5) is 23.8. The zero-order chi connectivity index (χ0) is 19.5. The molecule has 0 fully saturated rings. The number of hydrogen-bond acceptors (Lipinski definition) is 5. The van der Waals surface area contributed by atoms with Crippen molar-refractivity contribution < 1.29 is 22.7 Å². The highest BCUT2D eigenvalue weighted by molar-refractivity contribution is 7.89. The first-order valence-electron chi connectivity index (χ1n) is 7.17. The lowest BCUT2D eigenvalue weighted by Crippen LogP contribution is -2.30. The SMILES string of the molecule is CC(OC(=O)c1ccc(Cl)c(S(N)(=O)=O)c1)C(=O)Nc1cccc(Cl)c1. The lowest BCUT2D eigenvalue weighted by molar-refractivity contribution is -0.123. The van der Waals surface area contributed by atoms with Gasteiger partial charge in [-0.3, -0.25) is 4.79 Å². The third-order valence-corrected chi connectivity index (χ3v) is 4.85. The van der Waals surface area contributed by atoms with Crippen molar-refractivity contribution in [1.29, 1.82) is 0 Å². The molecule has 0 spiro atoms. The summed E-state index contributed by atoms with van der Waals surface area (Å²) < 4.78 is 28.0. The first kappa shape index (κ1) is 20.2. The molecule has 26 heavy (non-hydrogen) atoms. The van der Waals surface area contributed by atoms with Gasteiger partial charge in [0.15, 0.2) is 6.10 Å². The summed E-state index contributed by atoms with van der Waals surface area (Å²) in [5.41, 5.74) is 0.328. The molecule has 138 valence electrons. The minimum atomic E-state index is -4.11. The smallest absolute Gasteiger partial charge is 0.338 e. The van der Waals surface area contributed by atoms with Crippen molar-refractivity contribution in [3.63, 3.8) is 0 Å². The highest BCUT2D eigenvalue weighted by Gasteiger charge is 2.21. The van der Waals surface area contributed by atoms with Crippen LogP contribution in [0.5, 0.6) is 0 Å². The van der Waals surface area contributed by atoms with E-state index in [-0.39, 0.29) is 10.6 Å². The van der Waals surface area contributed by atoms with Gasteiger partial charge in [-0.2, -0.15) is 0 Å². The van der Waals surface area contributed by atoms with Crippen LogP contribution in [0.25, 0.3) is 0 Å². The van der Waals surface area contributed by atoms with Gasteiger partial charge in [0.25, 0.3) is 5.91 Å². The molecule has 0 aliphatic carbocycles. The van der Waals surface area contributed by atoms with E-state index in [4.69, 9.17) is 33.1 Å². The van der Waals surface area contributed by atoms with E-state index in [9.17, 15) is 18.0 Å². The molecule has 2 aromatic carbocycles. The second-order valence-electron chi connectivity index (χ2n) is 5.24. The van der Waals surface area contributed by atoms with Gasteiger partial charge in [0.2, 0.25) is 10.0 Å². The molecule has 0 heterocycles. The molecule has 0 aliphatic rings. The van der Waals surface area contributed by atoms with Gasteiger partial charge in [0.05, 0.1) is 10.6 Å². The van der Waals surface area contributed by atoms with Gasteiger partial charge in [-0.1, -0.05) is 29.3 Å². The number of anilines is 1. The van der Waals surface area contributed by atoms with Crippen LogP contribution in [0.15, 0.2) is 47.4 Å². The Hall–Kier alpha value is -2.13. The van der Waals surface area contributed by atoms with E-state index >= 15 is 0 Å². The van der Waals surface area contributed by atoms with Gasteiger partial charge in [-0.05, 0) is 43.3 Å². The third kappa shape index (κ3) is 5.18. The normalized spacial score (nSPS) is 12.3. The number of nitrogens with two attached hydrogens (primary N) is 1. The quantitative estimate of drug-likeness (QED) is 0.726. The van der Waals surface area contributed by atoms with Crippen molar-refractivity contribution in [3.8, 4) is 0 Å². The molecule has 2 aromatic rings. The molecule has 3 N–H and O–H groups in total. The van der Waals surface area contributed by atoms with E-state index in [1.54, 1.807) is 18.2 Å².